The van der Waals surface area contributed by atoms with Crippen LogP contribution < -0.4 is 0 Å². The van der Waals surface area contributed by atoms with Gasteiger partial charge in [0.25, 0.3) is 3.79 Å². The number of hydrogen-bond acceptors (Lipinski definition) is 0. The SMILES string of the molecule is CCCBr.FC(F)(F)C(Cl)(Cl)Cl. The van der Waals surface area contributed by atoms with Crippen molar-refractivity contribution in [1.82, 2.24) is 0 Å². The third kappa shape index (κ3) is 9.23. The highest BCUT2D eigenvalue weighted by molar-refractivity contribution is 9.09. The van der Waals surface area contributed by atoms with Crippen LogP contribution >= 0.6 is 50.7 Å². The lowest BCUT2D eigenvalue weighted by Gasteiger charge is -2.13. The van der Waals surface area contributed by atoms with Gasteiger partial charge in [-0.3, -0.25) is 0 Å². The average Bonchev–Trinajstić information content (AvgIpc) is 1.84. The number of halogens is 7. The van der Waals surface area contributed by atoms with Crippen LogP contribution in [0.15, 0.2) is 0 Å². The van der Waals surface area contributed by atoms with Gasteiger partial charge in [-0.25, -0.2) is 0 Å². The van der Waals surface area contributed by atoms with Gasteiger partial charge in [-0.2, -0.15) is 13.2 Å². The molecule has 0 amide bonds. The van der Waals surface area contributed by atoms with Gasteiger partial charge in [-0.15, -0.1) is 0 Å². The molecule has 0 aliphatic carbocycles. The van der Waals surface area contributed by atoms with E-state index >= 15 is 0 Å². The van der Waals surface area contributed by atoms with E-state index in [0.29, 0.717) is 0 Å². The second kappa shape index (κ2) is 6.57. The highest BCUT2D eigenvalue weighted by Gasteiger charge is 2.51. The molecule has 0 aromatic rings. The quantitative estimate of drug-likeness (QED) is 0.615. The van der Waals surface area contributed by atoms with Crippen LogP contribution in [0.25, 0.3) is 0 Å². The van der Waals surface area contributed by atoms with Crippen LogP contribution in [0.2, 0.25) is 0 Å². The Morgan fingerprint density at radius 2 is 1.33 bits per heavy atom. The van der Waals surface area contributed by atoms with Gasteiger partial charge >= 0.3 is 6.18 Å². The Balaban J connectivity index is 0. The molecule has 0 heterocycles. The van der Waals surface area contributed by atoms with E-state index < -0.39 is 9.97 Å². The van der Waals surface area contributed by atoms with Gasteiger partial charge in [-0.05, 0) is 6.42 Å². The standard InChI is InChI=1S/C3H7Br.C2Cl3F3/c1-2-3-4;3-1(4,5)2(6,7)8/h2-3H2,1H3;. The fourth-order valence-electron chi connectivity index (χ4n) is 0. The van der Waals surface area contributed by atoms with Crippen molar-refractivity contribution in [2.75, 3.05) is 5.33 Å². The molecule has 0 saturated heterocycles. The Bertz CT molecular complexity index is 95.5. The molecule has 7 heteroatoms. The Hall–Kier alpha value is 1.14. The van der Waals surface area contributed by atoms with E-state index in [1.165, 1.54) is 6.42 Å². The van der Waals surface area contributed by atoms with Crippen molar-refractivity contribution >= 4 is 50.7 Å². The van der Waals surface area contributed by atoms with Gasteiger partial charge in [0.15, 0.2) is 0 Å². The first kappa shape index (κ1) is 15.6. The van der Waals surface area contributed by atoms with Crippen molar-refractivity contribution in [1.29, 1.82) is 0 Å². The summed E-state index contributed by atoms with van der Waals surface area (Å²) in [6, 6.07) is 0. The Labute approximate surface area is 92.5 Å². The van der Waals surface area contributed by atoms with Crippen molar-refractivity contribution < 1.29 is 13.2 Å². The molecule has 0 fully saturated rings. The Morgan fingerprint density at radius 3 is 1.33 bits per heavy atom. The highest BCUT2D eigenvalue weighted by Crippen LogP contribution is 2.42. The molecule has 0 nitrogen and oxygen atoms in total. The largest absolute Gasteiger partial charge is 0.435 e. The lowest BCUT2D eigenvalue weighted by Crippen LogP contribution is -2.27. The smallest absolute Gasteiger partial charge is 0.166 e. The number of rotatable bonds is 1. The average molecular weight is 310 g/mol. The van der Waals surface area contributed by atoms with Crippen LogP contribution in [0.4, 0.5) is 13.2 Å². The molecular formula is C5H7BrCl3F3. The monoisotopic (exact) mass is 308 g/mol. The summed E-state index contributed by atoms with van der Waals surface area (Å²) in [5.41, 5.74) is 0. The molecule has 12 heavy (non-hydrogen) atoms. The van der Waals surface area contributed by atoms with E-state index in [4.69, 9.17) is 0 Å². The first-order chi connectivity index (χ1) is 5.16. The minimum absolute atomic E-state index is 1.13. The van der Waals surface area contributed by atoms with Gasteiger partial charge < -0.3 is 0 Å². The molecule has 76 valence electrons. The van der Waals surface area contributed by atoms with Crippen molar-refractivity contribution in [3.63, 3.8) is 0 Å². The van der Waals surface area contributed by atoms with Crippen molar-refractivity contribution in [2.24, 2.45) is 0 Å². The molecule has 0 bridgehead atoms. The fraction of sp³-hybridized carbons (Fsp3) is 1.00. The van der Waals surface area contributed by atoms with E-state index in [9.17, 15) is 13.2 Å². The van der Waals surface area contributed by atoms with E-state index in [-0.39, 0.29) is 0 Å². The summed E-state index contributed by atoms with van der Waals surface area (Å²) in [4.78, 5) is 0. The predicted molar refractivity (Wildman–Crippen MR) is 50.4 cm³/mol. The molecule has 0 rings (SSSR count). The van der Waals surface area contributed by atoms with Crippen LogP contribution in [0.3, 0.4) is 0 Å². The maximum Gasteiger partial charge on any atom is 0.435 e. The van der Waals surface area contributed by atoms with Crippen molar-refractivity contribution in [3.05, 3.63) is 0 Å². The van der Waals surface area contributed by atoms with Crippen LogP contribution in [0, 0.1) is 0 Å². The minimum Gasteiger partial charge on any atom is -0.166 e. The van der Waals surface area contributed by atoms with Crippen LogP contribution in [-0.2, 0) is 0 Å². The molecule has 0 saturated carbocycles. The minimum atomic E-state index is -4.77. The molecule has 0 atom stereocenters. The fourth-order valence-corrected chi connectivity index (χ4v) is 0. The topological polar surface area (TPSA) is 0 Å². The third-order valence-electron chi connectivity index (χ3n) is 0.510. The summed E-state index contributed by atoms with van der Waals surface area (Å²) in [7, 11) is 0. The molecule has 0 N–H and O–H groups in total. The summed E-state index contributed by atoms with van der Waals surface area (Å²) in [5, 5.41) is 1.13. The second-order valence-electron chi connectivity index (χ2n) is 1.68. The summed E-state index contributed by atoms with van der Waals surface area (Å²) >= 11 is 16.5. The van der Waals surface area contributed by atoms with E-state index in [1.54, 1.807) is 0 Å². The maximum atomic E-state index is 11.2. The van der Waals surface area contributed by atoms with E-state index in [1.807, 2.05) is 0 Å². The summed E-state index contributed by atoms with van der Waals surface area (Å²) in [6.45, 7) is 2.13. The summed E-state index contributed by atoms with van der Waals surface area (Å²) < 4.78 is 30.4. The lowest BCUT2D eigenvalue weighted by molar-refractivity contribution is -0.124. The van der Waals surface area contributed by atoms with Gasteiger partial charge in [0, 0.05) is 5.33 Å². The van der Waals surface area contributed by atoms with Crippen LogP contribution in [0.1, 0.15) is 13.3 Å². The summed E-state index contributed by atoms with van der Waals surface area (Å²) in [6.07, 6.45) is -3.53. The Morgan fingerprint density at radius 1 is 1.17 bits per heavy atom. The van der Waals surface area contributed by atoms with Crippen molar-refractivity contribution in [2.45, 2.75) is 23.3 Å². The predicted octanol–water partition coefficient (Wildman–Crippen LogP) is 4.71. The van der Waals surface area contributed by atoms with E-state index in [2.05, 4.69) is 57.7 Å². The molecule has 0 aliphatic heterocycles. The van der Waals surface area contributed by atoms with Gasteiger partial charge in [-0.1, -0.05) is 57.7 Å². The zero-order chi connectivity index (χ0) is 10.4. The van der Waals surface area contributed by atoms with Crippen LogP contribution in [0.5, 0.6) is 0 Å². The zero-order valence-corrected chi connectivity index (χ0v) is 9.91. The van der Waals surface area contributed by atoms with Gasteiger partial charge in [0.05, 0.1) is 0 Å². The number of hydrogen-bond donors (Lipinski definition) is 0. The van der Waals surface area contributed by atoms with Gasteiger partial charge in [0.1, 0.15) is 0 Å². The first-order valence-electron chi connectivity index (χ1n) is 2.86. The zero-order valence-electron chi connectivity index (χ0n) is 6.06. The second-order valence-corrected chi connectivity index (χ2v) is 4.76. The molecule has 0 aliphatic rings. The molecular weight excluding hydrogens is 303 g/mol. The normalized spacial score (nSPS) is 12.0. The molecule has 0 unspecified atom stereocenters. The third-order valence-corrected chi connectivity index (χ3v) is 1.95. The Kier molecular flexibility index (Phi) is 8.55. The molecule has 0 spiro atoms. The number of alkyl halides is 7. The molecule has 0 aromatic heterocycles. The van der Waals surface area contributed by atoms with Gasteiger partial charge in [0.2, 0.25) is 0 Å². The summed E-state index contributed by atoms with van der Waals surface area (Å²) in [5.74, 6) is 0. The first-order valence-corrected chi connectivity index (χ1v) is 5.11. The van der Waals surface area contributed by atoms with Crippen molar-refractivity contribution in [3.8, 4) is 0 Å². The maximum absolute atomic E-state index is 11.2. The lowest BCUT2D eigenvalue weighted by atomic mass is 10.6. The van der Waals surface area contributed by atoms with Crippen LogP contribution in [-0.4, -0.2) is 15.3 Å². The molecule has 0 radical (unpaired) electrons. The highest BCUT2D eigenvalue weighted by atomic mass is 79.9. The molecule has 0 aromatic carbocycles. The van der Waals surface area contributed by atoms with E-state index in [0.717, 1.165) is 5.33 Å².